The average molecular weight is 317 g/mol. The maximum atomic E-state index is 13.6. The molecule has 2 rings (SSSR count). The third-order valence-corrected chi connectivity index (χ3v) is 5.63. The second-order valence-electron chi connectivity index (χ2n) is 5.59. The van der Waals surface area contributed by atoms with E-state index in [4.69, 9.17) is 0 Å². The van der Waals surface area contributed by atoms with Crippen LogP contribution >= 0.6 is 15.9 Å². The van der Waals surface area contributed by atoms with Crippen molar-refractivity contribution in [1.29, 1.82) is 0 Å². The molecule has 0 bridgehead atoms. The summed E-state index contributed by atoms with van der Waals surface area (Å²) in [7, 11) is 0. The molecule has 18 heavy (non-hydrogen) atoms. The predicted molar refractivity (Wildman–Crippen MR) is 74.0 cm³/mol. The highest BCUT2D eigenvalue weighted by atomic mass is 79.9. The Balaban J connectivity index is 2.13. The molecule has 3 heteroatoms. The molecular weight excluding hydrogens is 298 g/mol. The average Bonchev–Trinajstić information content (AvgIpc) is 2.34. The highest BCUT2D eigenvalue weighted by molar-refractivity contribution is 9.09. The van der Waals surface area contributed by atoms with Gasteiger partial charge in [0.1, 0.15) is 11.6 Å². The molecule has 1 fully saturated rings. The van der Waals surface area contributed by atoms with Gasteiger partial charge in [0.05, 0.1) is 0 Å². The van der Waals surface area contributed by atoms with Gasteiger partial charge in [-0.25, -0.2) is 8.78 Å². The summed E-state index contributed by atoms with van der Waals surface area (Å²) < 4.78 is 27.3. The molecule has 0 aliphatic heterocycles. The molecule has 1 atom stereocenters. The lowest BCUT2D eigenvalue weighted by atomic mass is 9.72. The second-order valence-corrected chi connectivity index (χ2v) is 6.69. The Morgan fingerprint density at radius 2 is 1.72 bits per heavy atom. The van der Waals surface area contributed by atoms with Crippen LogP contribution in [0.15, 0.2) is 18.2 Å². The van der Waals surface area contributed by atoms with Gasteiger partial charge in [-0.15, -0.1) is 0 Å². The van der Waals surface area contributed by atoms with E-state index in [2.05, 4.69) is 22.9 Å². The summed E-state index contributed by atoms with van der Waals surface area (Å²) in [6.45, 7) is 2.23. The lowest BCUT2D eigenvalue weighted by Crippen LogP contribution is -2.32. The first-order chi connectivity index (χ1) is 8.53. The normalized spacial score (nSPS) is 20.7. The highest BCUT2D eigenvalue weighted by Crippen LogP contribution is 2.43. The molecule has 1 aliphatic carbocycles. The SMILES string of the molecule is CC1(C(Br)Cc2c(F)cccc2F)CCCCC1. The van der Waals surface area contributed by atoms with Gasteiger partial charge in [0, 0.05) is 10.4 Å². The van der Waals surface area contributed by atoms with Gasteiger partial charge in [-0.3, -0.25) is 0 Å². The first kappa shape index (κ1) is 14.0. The molecule has 1 aliphatic rings. The van der Waals surface area contributed by atoms with E-state index in [-0.39, 0.29) is 15.8 Å². The third-order valence-electron chi connectivity index (χ3n) is 4.20. The molecule has 0 aromatic heterocycles. The summed E-state index contributed by atoms with van der Waals surface area (Å²) in [6, 6.07) is 4.09. The monoisotopic (exact) mass is 316 g/mol. The van der Waals surface area contributed by atoms with Crippen LogP contribution in [-0.4, -0.2) is 4.83 Å². The maximum Gasteiger partial charge on any atom is 0.129 e. The van der Waals surface area contributed by atoms with Gasteiger partial charge in [-0.05, 0) is 36.8 Å². The maximum absolute atomic E-state index is 13.6. The van der Waals surface area contributed by atoms with E-state index in [1.165, 1.54) is 37.5 Å². The van der Waals surface area contributed by atoms with E-state index in [9.17, 15) is 8.78 Å². The van der Waals surface area contributed by atoms with Crippen LogP contribution in [0.5, 0.6) is 0 Å². The van der Waals surface area contributed by atoms with Crippen molar-refractivity contribution in [2.45, 2.75) is 50.3 Å². The van der Waals surface area contributed by atoms with E-state index in [0.29, 0.717) is 6.42 Å². The molecule has 1 saturated carbocycles. The smallest absolute Gasteiger partial charge is 0.129 e. The fourth-order valence-electron chi connectivity index (χ4n) is 2.83. The Labute approximate surface area is 116 Å². The van der Waals surface area contributed by atoms with E-state index in [1.807, 2.05) is 0 Å². The van der Waals surface area contributed by atoms with Gasteiger partial charge in [0.15, 0.2) is 0 Å². The molecule has 0 nitrogen and oxygen atoms in total. The number of hydrogen-bond acceptors (Lipinski definition) is 0. The Bertz CT molecular complexity index is 391. The summed E-state index contributed by atoms with van der Waals surface area (Å²) in [4.78, 5) is 0.136. The molecule has 0 radical (unpaired) electrons. The van der Waals surface area contributed by atoms with Gasteiger partial charge in [0.2, 0.25) is 0 Å². The van der Waals surface area contributed by atoms with Crippen LogP contribution in [0, 0.1) is 17.0 Å². The topological polar surface area (TPSA) is 0 Å². The molecule has 100 valence electrons. The van der Waals surface area contributed by atoms with Crippen molar-refractivity contribution in [3.63, 3.8) is 0 Å². The number of alkyl halides is 1. The first-order valence-electron chi connectivity index (χ1n) is 6.60. The molecule has 1 unspecified atom stereocenters. The van der Waals surface area contributed by atoms with Crippen molar-refractivity contribution in [2.75, 3.05) is 0 Å². The lowest BCUT2D eigenvalue weighted by molar-refractivity contribution is 0.210. The van der Waals surface area contributed by atoms with Crippen LogP contribution < -0.4 is 0 Å². The van der Waals surface area contributed by atoms with Crippen molar-refractivity contribution in [3.8, 4) is 0 Å². The fourth-order valence-corrected chi connectivity index (χ4v) is 3.61. The second kappa shape index (κ2) is 5.68. The molecular formula is C15H19BrF2. The molecule has 1 aromatic carbocycles. The standard InChI is InChI=1S/C15H19BrF2/c1-15(8-3-2-4-9-15)14(16)10-11-12(17)6-5-7-13(11)18/h5-7,14H,2-4,8-10H2,1H3. The Hall–Kier alpha value is -0.440. The zero-order valence-corrected chi connectivity index (χ0v) is 12.3. The van der Waals surface area contributed by atoms with E-state index in [0.717, 1.165) is 12.8 Å². The Kier molecular flexibility index (Phi) is 4.41. The van der Waals surface area contributed by atoms with Crippen LogP contribution in [-0.2, 0) is 6.42 Å². The van der Waals surface area contributed by atoms with Gasteiger partial charge >= 0.3 is 0 Å². The van der Waals surface area contributed by atoms with Crippen LogP contribution in [0.25, 0.3) is 0 Å². The summed E-state index contributed by atoms with van der Waals surface area (Å²) in [5.41, 5.74) is 0.374. The van der Waals surface area contributed by atoms with Gasteiger partial charge in [0.25, 0.3) is 0 Å². The van der Waals surface area contributed by atoms with Crippen molar-refractivity contribution in [3.05, 3.63) is 35.4 Å². The summed E-state index contributed by atoms with van der Waals surface area (Å²) in [5.74, 6) is -0.863. The first-order valence-corrected chi connectivity index (χ1v) is 7.51. The van der Waals surface area contributed by atoms with Crippen molar-refractivity contribution < 1.29 is 8.78 Å². The van der Waals surface area contributed by atoms with Gasteiger partial charge < -0.3 is 0 Å². The molecule has 0 spiro atoms. The number of hydrogen-bond donors (Lipinski definition) is 0. The van der Waals surface area contributed by atoms with Crippen molar-refractivity contribution >= 4 is 15.9 Å². The van der Waals surface area contributed by atoms with Crippen LogP contribution in [0.1, 0.15) is 44.6 Å². The predicted octanol–water partition coefficient (Wildman–Crippen LogP) is 5.24. The minimum atomic E-state index is -0.432. The minimum absolute atomic E-state index is 0.136. The zero-order valence-electron chi connectivity index (χ0n) is 10.7. The third kappa shape index (κ3) is 2.93. The van der Waals surface area contributed by atoms with E-state index >= 15 is 0 Å². The van der Waals surface area contributed by atoms with Gasteiger partial charge in [-0.2, -0.15) is 0 Å². The van der Waals surface area contributed by atoms with Crippen LogP contribution in [0.4, 0.5) is 8.78 Å². The number of rotatable bonds is 3. The van der Waals surface area contributed by atoms with Crippen molar-refractivity contribution in [2.24, 2.45) is 5.41 Å². The van der Waals surface area contributed by atoms with E-state index in [1.54, 1.807) is 0 Å². The van der Waals surface area contributed by atoms with E-state index < -0.39 is 11.6 Å². The number of halogens is 3. The minimum Gasteiger partial charge on any atom is -0.207 e. The molecule has 0 saturated heterocycles. The molecule has 1 aromatic rings. The highest BCUT2D eigenvalue weighted by Gasteiger charge is 2.34. The van der Waals surface area contributed by atoms with Crippen molar-refractivity contribution in [1.82, 2.24) is 0 Å². The summed E-state index contributed by atoms with van der Waals surface area (Å²) in [6.07, 6.45) is 6.42. The zero-order chi connectivity index (χ0) is 13.2. The fraction of sp³-hybridized carbons (Fsp3) is 0.600. The van der Waals surface area contributed by atoms with Crippen LogP contribution in [0.2, 0.25) is 0 Å². The summed E-state index contributed by atoms with van der Waals surface area (Å²) >= 11 is 3.67. The largest absolute Gasteiger partial charge is 0.207 e. The van der Waals surface area contributed by atoms with Crippen LogP contribution in [0.3, 0.4) is 0 Å². The molecule has 0 heterocycles. The quantitative estimate of drug-likeness (QED) is 0.669. The summed E-state index contributed by atoms with van der Waals surface area (Å²) in [5, 5.41) is 0. The number of benzene rings is 1. The molecule has 0 N–H and O–H groups in total. The Morgan fingerprint density at radius 1 is 1.17 bits per heavy atom. The molecule has 0 amide bonds. The van der Waals surface area contributed by atoms with Gasteiger partial charge in [-0.1, -0.05) is 48.2 Å². The lowest BCUT2D eigenvalue weighted by Gasteiger charge is -2.38. The Morgan fingerprint density at radius 3 is 2.28 bits per heavy atom.